The minimum Gasteiger partial charge on any atom is -0.448 e. The van der Waals surface area contributed by atoms with E-state index < -0.39 is 6.09 Å². The fourth-order valence-corrected chi connectivity index (χ4v) is 1.18. The predicted molar refractivity (Wildman–Crippen MR) is 48.9 cm³/mol. The van der Waals surface area contributed by atoms with Gasteiger partial charge in [0.05, 0.1) is 6.54 Å². The van der Waals surface area contributed by atoms with Crippen molar-refractivity contribution >= 4 is 18.3 Å². The SMILES string of the molecule is NC(=O)OCCn1c(CO)n[nH]c1=S. The molecule has 0 saturated carbocycles. The third-order valence-electron chi connectivity index (χ3n) is 1.54. The first-order chi connectivity index (χ1) is 6.65. The second-order valence-corrected chi connectivity index (χ2v) is 2.81. The Kier molecular flexibility index (Phi) is 3.60. The largest absolute Gasteiger partial charge is 0.448 e. The number of carbonyl (C=O) groups is 1. The number of aromatic amines is 1. The van der Waals surface area contributed by atoms with Gasteiger partial charge in [-0.1, -0.05) is 0 Å². The maximum absolute atomic E-state index is 10.3. The number of ether oxygens (including phenoxy) is 1. The zero-order valence-electron chi connectivity index (χ0n) is 7.27. The molecule has 1 heterocycles. The molecule has 1 aromatic rings. The van der Waals surface area contributed by atoms with Crippen LogP contribution in [0.4, 0.5) is 4.79 Å². The van der Waals surface area contributed by atoms with Crippen molar-refractivity contribution < 1.29 is 14.6 Å². The summed E-state index contributed by atoms with van der Waals surface area (Å²) >= 11 is 4.88. The van der Waals surface area contributed by atoms with Crippen molar-refractivity contribution in [3.05, 3.63) is 10.6 Å². The number of primary amides is 1. The molecule has 7 nitrogen and oxygen atoms in total. The van der Waals surface area contributed by atoms with E-state index in [1.54, 1.807) is 0 Å². The first-order valence-electron chi connectivity index (χ1n) is 3.82. The first kappa shape index (κ1) is 10.7. The zero-order valence-corrected chi connectivity index (χ0v) is 8.08. The van der Waals surface area contributed by atoms with Crippen LogP contribution in [0.2, 0.25) is 0 Å². The highest BCUT2D eigenvalue weighted by Gasteiger charge is 2.04. The lowest BCUT2D eigenvalue weighted by atomic mass is 10.6. The summed E-state index contributed by atoms with van der Waals surface area (Å²) in [6.45, 7) is 0.175. The summed E-state index contributed by atoms with van der Waals surface area (Å²) in [5, 5.41) is 15.1. The molecule has 1 rings (SSSR count). The molecule has 0 aromatic carbocycles. The van der Waals surface area contributed by atoms with Gasteiger partial charge >= 0.3 is 6.09 Å². The van der Waals surface area contributed by atoms with Crippen LogP contribution < -0.4 is 5.73 Å². The predicted octanol–water partition coefficient (Wildman–Crippen LogP) is -0.472. The van der Waals surface area contributed by atoms with E-state index in [9.17, 15) is 4.79 Å². The molecule has 0 spiro atoms. The van der Waals surface area contributed by atoms with Crippen LogP contribution in [0, 0.1) is 4.77 Å². The number of aliphatic hydroxyl groups excluding tert-OH is 1. The van der Waals surface area contributed by atoms with E-state index in [1.165, 1.54) is 4.57 Å². The molecule has 0 radical (unpaired) electrons. The van der Waals surface area contributed by atoms with Crippen LogP contribution in [0.3, 0.4) is 0 Å². The van der Waals surface area contributed by atoms with Gasteiger partial charge in [-0.2, -0.15) is 5.10 Å². The van der Waals surface area contributed by atoms with Crippen molar-refractivity contribution in [3.63, 3.8) is 0 Å². The number of carbonyl (C=O) groups excluding carboxylic acids is 1. The maximum Gasteiger partial charge on any atom is 0.404 e. The summed E-state index contributed by atoms with van der Waals surface area (Å²) < 4.78 is 6.41. The molecule has 0 bridgehead atoms. The number of rotatable bonds is 4. The van der Waals surface area contributed by atoms with E-state index in [1.807, 2.05) is 0 Å². The van der Waals surface area contributed by atoms with E-state index in [2.05, 4.69) is 14.9 Å². The zero-order chi connectivity index (χ0) is 10.6. The van der Waals surface area contributed by atoms with Gasteiger partial charge in [-0.3, -0.25) is 9.67 Å². The molecule has 0 unspecified atom stereocenters. The number of nitrogens with one attached hydrogen (secondary N) is 1. The van der Waals surface area contributed by atoms with Crippen LogP contribution in [-0.4, -0.2) is 32.6 Å². The fourth-order valence-electron chi connectivity index (χ4n) is 0.939. The molecule has 4 N–H and O–H groups in total. The van der Waals surface area contributed by atoms with Gasteiger partial charge in [-0.25, -0.2) is 4.79 Å². The molecule has 0 fully saturated rings. The van der Waals surface area contributed by atoms with E-state index in [0.717, 1.165) is 0 Å². The van der Waals surface area contributed by atoms with Gasteiger partial charge in [-0.05, 0) is 12.2 Å². The Bertz CT molecular complexity index is 371. The third-order valence-corrected chi connectivity index (χ3v) is 1.85. The number of nitrogens with zero attached hydrogens (tertiary/aromatic N) is 2. The molecule has 0 aliphatic rings. The van der Waals surface area contributed by atoms with Crippen molar-refractivity contribution in [1.82, 2.24) is 14.8 Å². The molecule has 0 saturated heterocycles. The van der Waals surface area contributed by atoms with Gasteiger partial charge in [0.1, 0.15) is 13.2 Å². The lowest BCUT2D eigenvalue weighted by molar-refractivity contribution is 0.151. The van der Waals surface area contributed by atoms with Crippen LogP contribution in [0.15, 0.2) is 0 Å². The molecule has 0 atom stereocenters. The van der Waals surface area contributed by atoms with E-state index in [4.69, 9.17) is 23.1 Å². The van der Waals surface area contributed by atoms with Crippen molar-refractivity contribution in [2.45, 2.75) is 13.2 Å². The fraction of sp³-hybridized carbons (Fsp3) is 0.500. The summed E-state index contributed by atoms with van der Waals surface area (Å²) in [5.74, 6) is 0.392. The van der Waals surface area contributed by atoms with Crippen molar-refractivity contribution in [2.24, 2.45) is 5.73 Å². The first-order valence-corrected chi connectivity index (χ1v) is 4.23. The Labute approximate surface area is 84.5 Å². The minimum absolute atomic E-state index is 0.0934. The average Bonchev–Trinajstić information content (AvgIpc) is 2.47. The molecule has 8 heteroatoms. The Morgan fingerprint density at radius 1 is 1.79 bits per heavy atom. The smallest absolute Gasteiger partial charge is 0.404 e. The number of H-pyrrole nitrogens is 1. The standard InChI is InChI=1S/C6H10N4O3S/c7-5(12)13-2-1-10-4(3-11)8-9-6(10)14/h11H,1-3H2,(H2,7,12)(H,9,14). The molecular formula is C6H10N4O3S. The number of nitrogens with two attached hydrogens (primary N) is 1. The highest BCUT2D eigenvalue weighted by molar-refractivity contribution is 7.71. The summed E-state index contributed by atoms with van der Waals surface area (Å²) in [4.78, 5) is 10.3. The van der Waals surface area contributed by atoms with E-state index >= 15 is 0 Å². The lowest BCUT2D eigenvalue weighted by Crippen LogP contribution is -2.17. The Balaban J connectivity index is 2.61. The van der Waals surface area contributed by atoms with Crippen LogP contribution in [0.5, 0.6) is 0 Å². The van der Waals surface area contributed by atoms with Gasteiger partial charge in [0.25, 0.3) is 0 Å². The van der Waals surface area contributed by atoms with E-state index in [-0.39, 0.29) is 13.2 Å². The topological polar surface area (TPSA) is 106 Å². The molecule has 78 valence electrons. The van der Waals surface area contributed by atoms with Crippen LogP contribution in [0.25, 0.3) is 0 Å². The summed E-state index contributed by atoms with van der Waals surface area (Å²) in [6, 6.07) is 0. The molecule has 0 aliphatic heterocycles. The van der Waals surface area contributed by atoms with Crippen LogP contribution >= 0.6 is 12.2 Å². The van der Waals surface area contributed by atoms with Crippen molar-refractivity contribution in [1.29, 1.82) is 0 Å². The Morgan fingerprint density at radius 3 is 3.07 bits per heavy atom. The minimum atomic E-state index is -0.842. The number of hydrogen-bond donors (Lipinski definition) is 3. The maximum atomic E-state index is 10.3. The quantitative estimate of drug-likeness (QED) is 0.592. The molecular weight excluding hydrogens is 208 g/mol. The molecule has 14 heavy (non-hydrogen) atoms. The van der Waals surface area contributed by atoms with Crippen molar-refractivity contribution in [3.8, 4) is 0 Å². The van der Waals surface area contributed by atoms with Gasteiger partial charge < -0.3 is 15.6 Å². The number of aromatic nitrogens is 3. The molecule has 0 aliphatic carbocycles. The number of amides is 1. The van der Waals surface area contributed by atoms with Crippen LogP contribution in [0.1, 0.15) is 5.82 Å². The highest BCUT2D eigenvalue weighted by Crippen LogP contribution is 1.97. The second-order valence-electron chi connectivity index (χ2n) is 2.42. The molecule has 1 aromatic heterocycles. The lowest BCUT2D eigenvalue weighted by Gasteiger charge is -2.04. The summed E-state index contributed by atoms with van der Waals surface area (Å²) in [5.41, 5.74) is 4.77. The summed E-state index contributed by atoms with van der Waals surface area (Å²) in [6.07, 6.45) is -0.842. The van der Waals surface area contributed by atoms with E-state index in [0.29, 0.717) is 17.1 Å². The Hall–Kier alpha value is -1.41. The Morgan fingerprint density at radius 2 is 2.50 bits per heavy atom. The van der Waals surface area contributed by atoms with Crippen molar-refractivity contribution in [2.75, 3.05) is 6.61 Å². The number of hydrogen-bond acceptors (Lipinski definition) is 5. The van der Waals surface area contributed by atoms with Gasteiger partial charge in [0.15, 0.2) is 10.6 Å². The van der Waals surface area contributed by atoms with Gasteiger partial charge in [0.2, 0.25) is 0 Å². The average molecular weight is 218 g/mol. The molecule has 1 amide bonds. The third kappa shape index (κ3) is 2.54. The second kappa shape index (κ2) is 4.72. The monoisotopic (exact) mass is 218 g/mol. The van der Waals surface area contributed by atoms with Gasteiger partial charge in [-0.15, -0.1) is 0 Å². The van der Waals surface area contributed by atoms with Crippen LogP contribution in [-0.2, 0) is 17.9 Å². The summed E-state index contributed by atoms with van der Waals surface area (Å²) in [7, 11) is 0. The normalized spacial score (nSPS) is 10.1. The number of aliphatic hydroxyl groups is 1. The highest BCUT2D eigenvalue weighted by atomic mass is 32.1. The van der Waals surface area contributed by atoms with Gasteiger partial charge in [0, 0.05) is 0 Å².